The first-order chi connectivity index (χ1) is 10.8. The fourth-order valence-electron chi connectivity index (χ4n) is 3.01. The predicted octanol–water partition coefficient (Wildman–Crippen LogP) is 3.31. The van der Waals surface area contributed by atoms with Crippen molar-refractivity contribution >= 4 is 6.29 Å². The number of aldehydes is 1. The molecule has 3 rings (SSSR count). The van der Waals surface area contributed by atoms with E-state index in [1.807, 2.05) is 12.1 Å². The highest BCUT2D eigenvalue weighted by molar-refractivity contribution is 5.76. The molecule has 0 saturated heterocycles. The van der Waals surface area contributed by atoms with Gasteiger partial charge in [-0.1, -0.05) is 48.7 Å². The number of hydrogen-bond acceptors (Lipinski definition) is 5. The monoisotopic (exact) mass is 299 g/mol. The first-order valence-electron chi connectivity index (χ1n) is 7.84. The second-order valence-corrected chi connectivity index (χ2v) is 5.96. The predicted molar refractivity (Wildman–Crippen MR) is 83.5 cm³/mol. The number of carbonyl (C=O) groups is 1. The summed E-state index contributed by atoms with van der Waals surface area (Å²) in [6.45, 7) is 0.685. The Morgan fingerprint density at radius 1 is 1.23 bits per heavy atom. The maximum Gasteiger partial charge on any atom is 0.241 e. The minimum atomic E-state index is 0.574. The molecule has 116 valence electrons. The fourth-order valence-corrected chi connectivity index (χ4v) is 3.01. The van der Waals surface area contributed by atoms with Gasteiger partial charge in [0.2, 0.25) is 11.7 Å². The van der Waals surface area contributed by atoms with Crippen LogP contribution < -0.4 is 0 Å². The summed E-state index contributed by atoms with van der Waals surface area (Å²) in [7, 11) is 2.12. The van der Waals surface area contributed by atoms with E-state index in [-0.39, 0.29) is 0 Å². The molecule has 1 aromatic carbocycles. The van der Waals surface area contributed by atoms with Gasteiger partial charge in [0.25, 0.3) is 0 Å². The summed E-state index contributed by atoms with van der Waals surface area (Å²) in [5.41, 5.74) is 1.51. The lowest BCUT2D eigenvalue weighted by Crippen LogP contribution is -2.32. The molecule has 0 aliphatic heterocycles. The maximum atomic E-state index is 10.7. The van der Waals surface area contributed by atoms with Crippen LogP contribution in [0.4, 0.5) is 0 Å². The third kappa shape index (κ3) is 3.42. The molecule has 0 radical (unpaired) electrons. The van der Waals surface area contributed by atoms with Gasteiger partial charge in [-0.05, 0) is 19.9 Å². The zero-order valence-electron chi connectivity index (χ0n) is 12.9. The number of hydrogen-bond donors (Lipinski definition) is 0. The molecule has 0 unspecified atom stereocenters. The van der Waals surface area contributed by atoms with Crippen molar-refractivity contribution in [1.29, 1.82) is 0 Å². The Hall–Kier alpha value is -2.01. The Balaban J connectivity index is 1.66. The summed E-state index contributed by atoms with van der Waals surface area (Å²) in [6.07, 6.45) is 7.31. The molecule has 1 saturated carbocycles. The van der Waals surface area contributed by atoms with E-state index in [9.17, 15) is 4.79 Å². The van der Waals surface area contributed by atoms with E-state index in [1.165, 1.54) is 32.1 Å². The van der Waals surface area contributed by atoms with Gasteiger partial charge < -0.3 is 4.52 Å². The topological polar surface area (TPSA) is 59.2 Å². The van der Waals surface area contributed by atoms with E-state index >= 15 is 0 Å². The molecule has 0 N–H and O–H groups in total. The van der Waals surface area contributed by atoms with Gasteiger partial charge in [0.1, 0.15) is 6.29 Å². The normalized spacial score (nSPS) is 16.1. The molecule has 1 aliphatic carbocycles. The van der Waals surface area contributed by atoms with E-state index in [1.54, 1.807) is 12.1 Å². The Kier molecular flexibility index (Phi) is 4.63. The Labute approximate surface area is 130 Å². The molecule has 1 aromatic heterocycles. The van der Waals surface area contributed by atoms with Gasteiger partial charge in [-0.25, -0.2) is 0 Å². The summed E-state index contributed by atoms with van der Waals surface area (Å²) >= 11 is 0. The standard InChI is InChI=1S/C17H21N3O2/c1-20(15-5-3-2-4-6-15)11-16-18-17(19-22-16)14-9-7-13(12-21)8-10-14/h7-10,12,15H,2-6,11H2,1H3. The Bertz CT molecular complexity index is 615. The highest BCUT2D eigenvalue weighted by atomic mass is 16.5. The second-order valence-electron chi connectivity index (χ2n) is 5.96. The average Bonchev–Trinajstić information content (AvgIpc) is 3.04. The Morgan fingerprint density at radius 2 is 1.95 bits per heavy atom. The van der Waals surface area contributed by atoms with E-state index < -0.39 is 0 Å². The smallest absolute Gasteiger partial charge is 0.241 e. The van der Waals surface area contributed by atoms with Gasteiger partial charge in [-0.2, -0.15) is 4.98 Å². The van der Waals surface area contributed by atoms with Crippen LogP contribution in [0.5, 0.6) is 0 Å². The highest BCUT2D eigenvalue weighted by Crippen LogP contribution is 2.23. The average molecular weight is 299 g/mol. The van der Waals surface area contributed by atoms with Gasteiger partial charge in [-0.3, -0.25) is 9.69 Å². The Morgan fingerprint density at radius 3 is 2.64 bits per heavy atom. The first kappa shape index (κ1) is 14.9. The molecule has 0 atom stereocenters. The lowest BCUT2D eigenvalue weighted by atomic mass is 9.94. The van der Waals surface area contributed by atoms with Crippen LogP contribution in [-0.4, -0.2) is 34.4 Å². The van der Waals surface area contributed by atoms with Gasteiger partial charge in [0.15, 0.2) is 0 Å². The second kappa shape index (κ2) is 6.83. The molecule has 1 fully saturated rings. The molecular weight excluding hydrogens is 278 g/mol. The third-order valence-electron chi connectivity index (χ3n) is 4.36. The molecular formula is C17H21N3O2. The number of nitrogens with zero attached hydrogens (tertiary/aromatic N) is 3. The zero-order chi connectivity index (χ0) is 15.4. The van der Waals surface area contributed by atoms with Crippen molar-refractivity contribution in [3.8, 4) is 11.4 Å². The summed E-state index contributed by atoms with van der Waals surface area (Å²) in [5, 5.41) is 4.04. The lowest BCUT2D eigenvalue weighted by Gasteiger charge is -2.29. The van der Waals surface area contributed by atoms with Crippen LogP contribution in [0.3, 0.4) is 0 Å². The number of rotatable bonds is 5. The maximum absolute atomic E-state index is 10.7. The highest BCUT2D eigenvalue weighted by Gasteiger charge is 2.20. The van der Waals surface area contributed by atoms with Crippen molar-refractivity contribution in [2.45, 2.75) is 44.7 Å². The van der Waals surface area contributed by atoms with E-state index in [4.69, 9.17) is 4.52 Å². The largest absolute Gasteiger partial charge is 0.338 e. The number of carbonyl (C=O) groups excluding carboxylic acids is 1. The van der Waals surface area contributed by atoms with Gasteiger partial charge in [0.05, 0.1) is 6.54 Å². The summed E-state index contributed by atoms with van der Waals surface area (Å²) in [5.74, 6) is 1.21. The van der Waals surface area contributed by atoms with Crippen molar-refractivity contribution in [2.75, 3.05) is 7.05 Å². The van der Waals surface area contributed by atoms with E-state index in [2.05, 4.69) is 22.1 Å². The van der Waals surface area contributed by atoms with Crippen LogP contribution in [0.15, 0.2) is 28.8 Å². The molecule has 1 heterocycles. The molecule has 0 spiro atoms. The van der Waals surface area contributed by atoms with Gasteiger partial charge in [0, 0.05) is 17.2 Å². The lowest BCUT2D eigenvalue weighted by molar-refractivity contribution is 0.112. The summed E-state index contributed by atoms with van der Waals surface area (Å²) < 4.78 is 5.36. The number of aromatic nitrogens is 2. The zero-order valence-corrected chi connectivity index (χ0v) is 12.9. The van der Waals surface area contributed by atoms with Gasteiger partial charge >= 0.3 is 0 Å². The third-order valence-corrected chi connectivity index (χ3v) is 4.36. The van der Waals surface area contributed by atoms with Crippen molar-refractivity contribution in [1.82, 2.24) is 15.0 Å². The quantitative estimate of drug-likeness (QED) is 0.793. The van der Waals surface area contributed by atoms with Crippen LogP contribution >= 0.6 is 0 Å². The van der Waals surface area contributed by atoms with Crippen LogP contribution in [-0.2, 0) is 6.54 Å². The van der Waals surface area contributed by atoms with Crippen molar-refractivity contribution < 1.29 is 9.32 Å². The van der Waals surface area contributed by atoms with Gasteiger partial charge in [-0.15, -0.1) is 0 Å². The van der Waals surface area contributed by atoms with Crippen LogP contribution in [0, 0.1) is 0 Å². The molecule has 22 heavy (non-hydrogen) atoms. The molecule has 5 heteroatoms. The molecule has 5 nitrogen and oxygen atoms in total. The number of benzene rings is 1. The fraction of sp³-hybridized carbons (Fsp3) is 0.471. The van der Waals surface area contributed by atoms with Crippen molar-refractivity contribution in [2.24, 2.45) is 0 Å². The minimum absolute atomic E-state index is 0.574. The minimum Gasteiger partial charge on any atom is -0.338 e. The van der Waals surface area contributed by atoms with E-state index in [0.29, 0.717) is 29.9 Å². The molecule has 0 amide bonds. The summed E-state index contributed by atoms with van der Waals surface area (Å²) in [4.78, 5) is 17.4. The van der Waals surface area contributed by atoms with Crippen molar-refractivity contribution in [3.05, 3.63) is 35.7 Å². The molecule has 1 aliphatic rings. The summed E-state index contributed by atoms with van der Waals surface area (Å²) in [6, 6.07) is 7.81. The van der Waals surface area contributed by atoms with Crippen molar-refractivity contribution in [3.63, 3.8) is 0 Å². The SMILES string of the molecule is CN(Cc1nc(-c2ccc(C=O)cc2)no1)C1CCCCC1. The van der Waals surface area contributed by atoms with Crippen LogP contribution in [0.25, 0.3) is 11.4 Å². The van der Waals surface area contributed by atoms with Crippen LogP contribution in [0.1, 0.15) is 48.4 Å². The molecule has 0 bridgehead atoms. The first-order valence-corrected chi connectivity index (χ1v) is 7.84. The molecule has 2 aromatic rings. The van der Waals surface area contributed by atoms with E-state index in [0.717, 1.165) is 11.8 Å². The van der Waals surface area contributed by atoms with Crippen LogP contribution in [0.2, 0.25) is 0 Å².